The Hall–Kier alpha value is -4.05. The summed E-state index contributed by atoms with van der Waals surface area (Å²) in [6, 6.07) is 15.9. The molecule has 44 heavy (non-hydrogen) atoms. The predicted molar refractivity (Wildman–Crippen MR) is 182 cm³/mol. The summed E-state index contributed by atoms with van der Waals surface area (Å²) < 4.78 is 0. The molecule has 1 saturated heterocycles. The van der Waals surface area contributed by atoms with Crippen molar-refractivity contribution in [3.8, 4) is 6.07 Å². The summed E-state index contributed by atoms with van der Waals surface area (Å²) >= 11 is 0. The SMILES string of the molecule is C=CC(=O)C1=CC=C(C)C2(N(CCC)C3(CN4CCN(c5cccc(C)n5)CC4)C=C3)CC12.C=CCc1ccc(C#N)cc1.[HH]. The standard InChI is InChI=1S/C28H36N4O.C10H9N.H2/c1-5-14-32(28-19-24(28)23(25(33)6-2)11-10-21(28)3)27(12-13-27)20-30-15-17-31(18-16-30)26-9-7-8-22(4)29-26;1-2-3-9-4-6-10(8-11)7-5-9;/h6-13,24H,2,5,14-20H2,1,3-4H3;2,4-7H,1,3H2;1H. The van der Waals surface area contributed by atoms with Crippen molar-refractivity contribution in [2.45, 2.75) is 51.1 Å². The van der Waals surface area contributed by atoms with E-state index < -0.39 is 0 Å². The highest BCUT2D eigenvalue weighted by Crippen LogP contribution is 2.62. The molecule has 2 fully saturated rings. The van der Waals surface area contributed by atoms with Crippen LogP contribution in [0.15, 0.2) is 103 Å². The van der Waals surface area contributed by atoms with Gasteiger partial charge in [-0.25, -0.2) is 4.98 Å². The first-order valence-electron chi connectivity index (χ1n) is 15.8. The number of nitrogens with zero attached hydrogens (tertiary/aromatic N) is 5. The number of pyridine rings is 1. The van der Waals surface area contributed by atoms with E-state index in [1.165, 1.54) is 17.2 Å². The number of ketones is 1. The Kier molecular flexibility index (Phi) is 9.48. The minimum Gasteiger partial charge on any atom is -0.354 e. The lowest BCUT2D eigenvalue weighted by Gasteiger charge is -2.45. The molecule has 0 N–H and O–H groups in total. The fourth-order valence-electron chi connectivity index (χ4n) is 6.96. The maximum atomic E-state index is 12.5. The molecular weight excluding hydrogens is 542 g/mol. The molecule has 2 unspecified atom stereocenters. The van der Waals surface area contributed by atoms with Crippen LogP contribution >= 0.6 is 0 Å². The second-order valence-electron chi connectivity index (χ2n) is 12.4. The number of aryl methyl sites for hydroxylation is 1. The van der Waals surface area contributed by atoms with Crippen LogP contribution in [0.25, 0.3) is 0 Å². The molecule has 3 aliphatic carbocycles. The van der Waals surface area contributed by atoms with Crippen molar-refractivity contribution in [2.75, 3.05) is 44.2 Å². The first-order valence-corrected chi connectivity index (χ1v) is 15.8. The normalized spacial score (nSPS) is 22.9. The highest BCUT2D eigenvalue weighted by molar-refractivity contribution is 6.05. The van der Waals surface area contributed by atoms with Gasteiger partial charge in [-0.05, 0) is 75.6 Å². The second kappa shape index (κ2) is 13.3. The van der Waals surface area contributed by atoms with Crippen molar-refractivity contribution in [3.05, 3.63) is 120 Å². The number of nitriles is 1. The summed E-state index contributed by atoms with van der Waals surface area (Å²) in [5.41, 5.74) is 5.29. The summed E-state index contributed by atoms with van der Waals surface area (Å²) in [7, 11) is 0. The zero-order valence-electron chi connectivity index (χ0n) is 26.5. The number of rotatable bonds is 11. The van der Waals surface area contributed by atoms with E-state index in [2.05, 4.69) is 91.1 Å². The van der Waals surface area contributed by atoms with E-state index in [1.54, 1.807) is 0 Å². The molecule has 2 heterocycles. The molecule has 2 atom stereocenters. The number of carbonyl (C=O) groups is 1. The van der Waals surface area contributed by atoms with Gasteiger partial charge in [0.15, 0.2) is 5.78 Å². The predicted octanol–water partition coefficient (Wildman–Crippen LogP) is 6.47. The summed E-state index contributed by atoms with van der Waals surface area (Å²) in [6.07, 6.45) is 15.3. The third kappa shape index (κ3) is 6.40. The average molecular weight is 590 g/mol. The van der Waals surface area contributed by atoms with Crippen LogP contribution in [0.4, 0.5) is 5.82 Å². The van der Waals surface area contributed by atoms with Gasteiger partial charge in [-0.3, -0.25) is 14.6 Å². The summed E-state index contributed by atoms with van der Waals surface area (Å²) in [6.45, 7) is 20.1. The highest BCUT2D eigenvalue weighted by Gasteiger charge is 2.66. The van der Waals surface area contributed by atoms with Gasteiger partial charge in [0.25, 0.3) is 0 Å². The van der Waals surface area contributed by atoms with Crippen LogP contribution in [0.2, 0.25) is 0 Å². The van der Waals surface area contributed by atoms with Crippen molar-refractivity contribution in [2.24, 2.45) is 5.92 Å². The van der Waals surface area contributed by atoms with Crippen LogP contribution < -0.4 is 4.90 Å². The van der Waals surface area contributed by atoms with Gasteiger partial charge >= 0.3 is 0 Å². The van der Waals surface area contributed by atoms with Gasteiger partial charge in [0.05, 0.1) is 22.7 Å². The summed E-state index contributed by atoms with van der Waals surface area (Å²) in [5, 5.41) is 8.49. The summed E-state index contributed by atoms with van der Waals surface area (Å²) in [5.74, 6) is 1.47. The molecule has 1 aromatic heterocycles. The third-order valence-electron chi connectivity index (χ3n) is 9.47. The number of carbonyl (C=O) groups excluding carboxylic acids is 1. The third-order valence-corrected chi connectivity index (χ3v) is 9.47. The Labute approximate surface area is 264 Å². The molecule has 0 spiro atoms. The molecule has 0 bridgehead atoms. The van der Waals surface area contributed by atoms with Crippen molar-refractivity contribution in [3.63, 3.8) is 0 Å². The van der Waals surface area contributed by atoms with E-state index in [0.29, 0.717) is 11.5 Å². The zero-order chi connectivity index (χ0) is 31.3. The van der Waals surface area contributed by atoms with Crippen LogP contribution in [-0.2, 0) is 11.2 Å². The van der Waals surface area contributed by atoms with Crippen LogP contribution in [0.5, 0.6) is 0 Å². The topological polar surface area (TPSA) is 63.5 Å². The molecule has 1 saturated carbocycles. The number of fused-ring (bicyclic) bond motifs is 1. The molecule has 4 aliphatic rings. The molecule has 1 aliphatic heterocycles. The molecule has 6 heteroatoms. The Morgan fingerprint density at radius 3 is 2.43 bits per heavy atom. The maximum Gasteiger partial charge on any atom is 0.181 e. The van der Waals surface area contributed by atoms with Crippen molar-refractivity contribution >= 4 is 11.6 Å². The Balaban J connectivity index is 0.000000327. The molecule has 0 amide bonds. The number of allylic oxidation sites excluding steroid dienone is 4. The average Bonchev–Trinajstić information content (AvgIpc) is 3.98. The Bertz CT molecular complexity index is 1520. The first kappa shape index (κ1) is 31.4. The lowest BCUT2D eigenvalue weighted by molar-refractivity contribution is -0.111. The van der Waals surface area contributed by atoms with Gasteiger partial charge in [-0.1, -0.05) is 67.7 Å². The van der Waals surface area contributed by atoms with Gasteiger partial charge in [0.1, 0.15) is 5.82 Å². The van der Waals surface area contributed by atoms with E-state index in [-0.39, 0.29) is 18.3 Å². The van der Waals surface area contributed by atoms with E-state index in [9.17, 15) is 4.79 Å². The fraction of sp³-hybridized carbons (Fsp3) is 0.395. The second-order valence-corrected chi connectivity index (χ2v) is 12.4. The lowest BCUT2D eigenvalue weighted by Crippen LogP contribution is -2.57. The number of hydrogen-bond donors (Lipinski definition) is 0. The number of benzene rings is 1. The van der Waals surface area contributed by atoms with E-state index in [0.717, 1.165) is 75.6 Å². The fourth-order valence-corrected chi connectivity index (χ4v) is 6.96. The monoisotopic (exact) mass is 589 g/mol. The minimum absolute atomic E-state index is 0. The van der Waals surface area contributed by atoms with E-state index in [4.69, 9.17) is 10.2 Å². The number of piperazine rings is 1. The van der Waals surface area contributed by atoms with E-state index >= 15 is 0 Å². The molecule has 2 aromatic rings. The van der Waals surface area contributed by atoms with Crippen molar-refractivity contribution in [1.82, 2.24) is 14.8 Å². The number of anilines is 1. The van der Waals surface area contributed by atoms with Gasteiger partial charge in [0, 0.05) is 51.3 Å². The Morgan fingerprint density at radius 2 is 1.84 bits per heavy atom. The van der Waals surface area contributed by atoms with Crippen LogP contribution in [0, 0.1) is 24.2 Å². The lowest BCUT2D eigenvalue weighted by atomic mass is 9.88. The van der Waals surface area contributed by atoms with Crippen LogP contribution in [0.1, 0.15) is 44.9 Å². The van der Waals surface area contributed by atoms with Gasteiger partial charge < -0.3 is 4.90 Å². The highest BCUT2D eigenvalue weighted by atomic mass is 16.1. The largest absolute Gasteiger partial charge is 0.354 e. The van der Waals surface area contributed by atoms with Gasteiger partial charge in [0.2, 0.25) is 0 Å². The summed E-state index contributed by atoms with van der Waals surface area (Å²) in [4.78, 5) is 25.0. The molecule has 0 radical (unpaired) electrons. The Morgan fingerprint density at radius 1 is 1.11 bits per heavy atom. The van der Waals surface area contributed by atoms with Crippen LogP contribution in [-0.4, -0.2) is 70.9 Å². The molecular formula is C38H47N5O. The number of hydrogen-bond acceptors (Lipinski definition) is 6. The zero-order valence-corrected chi connectivity index (χ0v) is 26.5. The number of aromatic nitrogens is 1. The molecule has 6 rings (SSSR count). The van der Waals surface area contributed by atoms with Crippen molar-refractivity contribution in [1.29, 1.82) is 5.26 Å². The van der Waals surface area contributed by atoms with Gasteiger partial charge in [-0.2, -0.15) is 5.26 Å². The first-order chi connectivity index (χ1) is 21.3. The van der Waals surface area contributed by atoms with Crippen LogP contribution in [0.3, 0.4) is 0 Å². The van der Waals surface area contributed by atoms with Crippen molar-refractivity contribution < 1.29 is 6.22 Å². The molecule has 1 aromatic carbocycles. The minimum atomic E-state index is -0.0183. The molecule has 230 valence electrons. The maximum absolute atomic E-state index is 12.5. The smallest absolute Gasteiger partial charge is 0.181 e. The quantitative estimate of drug-likeness (QED) is 0.221. The van der Waals surface area contributed by atoms with Gasteiger partial charge in [-0.15, -0.1) is 6.58 Å². The van der Waals surface area contributed by atoms with E-state index in [1.807, 2.05) is 36.4 Å². The molecule has 6 nitrogen and oxygen atoms in total.